The van der Waals surface area contributed by atoms with Crippen molar-refractivity contribution >= 4 is 34.5 Å². The molecular formula is C38H50N6O5. The molecule has 2 fully saturated rings. The first-order chi connectivity index (χ1) is 23.4. The molecule has 2 unspecified atom stereocenters. The van der Waals surface area contributed by atoms with Crippen LogP contribution in [-0.4, -0.2) is 81.5 Å². The van der Waals surface area contributed by atoms with Crippen molar-refractivity contribution in [1.82, 2.24) is 25.8 Å². The summed E-state index contributed by atoms with van der Waals surface area (Å²) in [7, 11) is 0. The van der Waals surface area contributed by atoms with E-state index in [1.54, 1.807) is 18.2 Å². The first kappa shape index (κ1) is 35.9. The smallest absolute Gasteiger partial charge is 0.270 e. The van der Waals surface area contributed by atoms with Crippen molar-refractivity contribution in [2.45, 2.75) is 95.5 Å². The number of para-hydroxylation sites is 1. The first-order valence-corrected chi connectivity index (χ1v) is 17.4. The van der Waals surface area contributed by atoms with E-state index in [2.05, 4.69) is 25.8 Å². The number of aromatic nitrogens is 1. The van der Waals surface area contributed by atoms with Gasteiger partial charge in [0.25, 0.3) is 5.91 Å². The highest BCUT2D eigenvalue weighted by Gasteiger charge is 2.42. The highest BCUT2D eigenvalue weighted by atomic mass is 16.3. The van der Waals surface area contributed by atoms with Crippen molar-refractivity contribution in [2.75, 3.05) is 13.1 Å². The zero-order chi connectivity index (χ0) is 35.1. The molecule has 3 aromatic rings. The van der Waals surface area contributed by atoms with Crippen LogP contribution in [0.15, 0.2) is 66.7 Å². The van der Waals surface area contributed by atoms with Gasteiger partial charge in [-0.1, -0.05) is 73.9 Å². The molecule has 2 aliphatic rings. The number of nitrogens with two attached hydrogens (primary N) is 1. The van der Waals surface area contributed by atoms with Crippen molar-refractivity contribution in [2.24, 2.45) is 17.6 Å². The van der Waals surface area contributed by atoms with Gasteiger partial charge in [-0.2, -0.15) is 0 Å². The van der Waals surface area contributed by atoms with Gasteiger partial charge in [0.1, 0.15) is 11.7 Å². The topological polar surface area (TPSA) is 167 Å². The maximum Gasteiger partial charge on any atom is 0.270 e. The summed E-state index contributed by atoms with van der Waals surface area (Å²) in [4.78, 5) is 59.3. The summed E-state index contributed by atoms with van der Waals surface area (Å²) in [5, 5.41) is 21.4. The molecule has 11 heteroatoms. The van der Waals surface area contributed by atoms with Crippen LogP contribution in [0.2, 0.25) is 0 Å². The van der Waals surface area contributed by atoms with Gasteiger partial charge in [0.05, 0.1) is 30.1 Å². The SMILES string of the molecule is CC(C)(C)NC(=O)[C@@H]1CC2CCCCC2CN1C[C@@H](O)[C@H](Cc1ccccc1)NC(=O)[C@H](CC(N)=O)NC(=O)c1ccc2ccccc2n1. The van der Waals surface area contributed by atoms with Gasteiger partial charge in [-0.15, -0.1) is 0 Å². The third kappa shape index (κ3) is 9.86. The van der Waals surface area contributed by atoms with Gasteiger partial charge in [0, 0.05) is 24.0 Å². The minimum absolute atomic E-state index is 0.0566. The number of β-amino-alcohol motifs (C(OH)–C–C–N with tert-alkyl or cyclic N) is 1. The number of benzene rings is 2. The summed E-state index contributed by atoms with van der Waals surface area (Å²) in [6.45, 7) is 6.73. The number of pyridine rings is 1. The van der Waals surface area contributed by atoms with Crippen LogP contribution in [0.3, 0.4) is 0 Å². The Hall–Kier alpha value is -4.35. The number of hydrogen-bond donors (Lipinski definition) is 5. The lowest BCUT2D eigenvalue weighted by Gasteiger charge is -2.47. The molecule has 0 bridgehead atoms. The zero-order valence-electron chi connectivity index (χ0n) is 28.7. The zero-order valence-corrected chi connectivity index (χ0v) is 28.7. The van der Waals surface area contributed by atoms with E-state index in [0.717, 1.165) is 36.6 Å². The number of nitrogens with zero attached hydrogens (tertiary/aromatic N) is 2. The molecule has 1 saturated heterocycles. The summed E-state index contributed by atoms with van der Waals surface area (Å²) in [6, 6.07) is 17.6. The van der Waals surface area contributed by atoms with Gasteiger partial charge < -0.3 is 26.8 Å². The third-order valence-electron chi connectivity index (χ3n) is 9.67. The molecule has 6 atom stereocenters. The van der Waals surface area contributed by atoms with E-state index >= 15 is 0 Å². The molecule has 262 valence electrons. The summed E-state index contributed by atoms with van der Waals surface area (Å²) < 4.78 is 0. The number of nitrogens with one attached hydrogen (secondary N) is 3. The number of carbonyl (C=O) groups is 4. The average Bonchev–Trinajstić information content (AvgIpc) is 3.06. The third-order valence-corrected chi connectivity index (χ3v) is 9.67. The lowest BCUT2D eigenvalue weighted by atomic mass is 9.72. The second-order valence-corrected chi connectivity index (χ2v) is 14.7. The Morgan fingerprint density at radius 2 is 1.63 bits per heavy atom. The van der Waals surface area contributed by atoms with Crippen molar-refractivity contribution < 1.29 is 24.3 Å². The maximum absolute atomic E-state index is 13.8. The fourth-order valence-corrected chi connectivity index (χ4v) is 7.26. The molecule has 2 aromatic carbocycles. The van der Waals surface area contributed by atoms with E-state index in [4.69, 9.17) is 5.73 Å². The van der Waals surface area contributed by atoms with Crippen LogP contribution in [0.5, 0.6) is 0 Å². The van der Waals surface area contributed by atoms with E-state index in [1.165, 1.54) is 6.42 Å². The molecule has 1 aliphatic heterocycles. The van der Waals surface area contributed by atoms with E-state index in [1.807, 2.05) is 69.3 Å². The average molecular weight is 671 g/mol. The van der Waals surface area contributed by atoms with Gasteiger partial charge >= 0.3 is 0 Å². The van der Waals surface area contributed by atoms with Crippen LogP contribution in [-0.2, 0) is 20.8 Å². The normalized spacial score (nSPS) is 21.5. The van der Waals surface area contributed by atoms with Crippen LogP contribution < -0.4 is 21.7 Å². The molecular weight excluding hydrogens is 620 g/mol. The lowest BCUT2D eigenvalue weighted by molar-refractivity contribution is -0.133. The van der Waals surface area contributed by atoms with E-state index in [0.29, 0.717) is 23.9 Å². The van der Waals surface area contributed by atoms with Gasteiger partial charge in [0.2, 0.25) is 17.7 Å². The molecule has 11 nitrogen and oxygen atoms in total. The fourth-order valence-electron chi connectivity index (χ4n) is 7.26. The largest absolute Gasteiger partial charge is 0.390 e. The van der Waals surface area contributed by atoms with Crippen molar-refractivity contribution in [3.8, 4) is 0 Å². The molecule has 0 spiro atoms. The Bertz CT molecular complexity index is 1630. The minimum atomic E-state index is -1.30. The van der Waals surface area contributed by atoms with E-state index in [9.17, 15) is 24.3 Å². The molecule has 1 aromatic heterocycles. The van der Waals surface area contributed by atoms with Crippen molar-refractivity contribution in [3.63, 3.8) is 0 Å². The number of primary amides is 1. The van der Waals surface area contributed by atoms with Gasteiger partial charge in [-0.25, -0.2) is 4.98 Å². The Morgan fingerprint density at radius 3 is 2.35 bits per heavy atom. The number of likely N-dealkylation sites (tertiary alicyclic amines) is 1. The molecule has 4 amide bonds. The van der Waals surface area contributed by atoms with E-state index in [-0.39, 0.29) is 24.6 Å². The number of amides is 4. The highest BCUT2D eigenvalue weighted by Crippen LogP contribution is 2.39. The minimum Gasteiger partial charge on any atom is -0.390 e. The maximum atomic E-state index is 13.8. The summed E-state index contributed by atoms with van der Waals surface area (Å²) in [5.74, 6) is -1.20. The molecule has 6 N–H and O–H groups in total. The molecule has 1 saturated carbocycles. The lowest BCUT2D eigenvalue weighted by Crippen LogP contribution is -2.61. The quantitative estimate of drug-likeness (QED) is 0.198. The van der Waals surface area contributed by atoms with Crippen LogP contribution >= 0.6 is 0 Å². The standard InChI is InChI=1S/C38H50N6O5/c1-38(2,3)43-37(49)32-20-26-14-7-8-15-27(26)22-44(32)23-33(45)30(19-24-11-5-4-6-12-24)41-36(48)31(21-34(39)46)42-35(47)29-18-17-25-13-9-10-16-28(25)40-29/h4-6,9-13,16-18,26-27,30-33,45H,7-8,14-15,19-23H2,1-3H3,(H2,39,46)(H,41,48)(H,42,47)(H,43,49)/t26?,27?,30-,31-,32-,33+/m0/s1. The predicted octanol–water partition coefficient (Wildman–Crippen LogP) is 3.09. The summed E-state index contributed by atoms with van der Waals surface area (Å²) in [6.07, 6.45) is 4.03. The molecule has 2 heterocycles. The number of fused-ring (bicyclic) bond motifs is 2. The molecule has 5 rings (SSSR count). The Morgan fingerprint density at radius 1 is 0.939 bits per heavy atom. The number of hydrogen-bond acceptors (Lipinski definition) is 7. The van der Waals surface area contributed by atoms with Crippen LogP contribution in [0.25, 0.3) is 10.9 Å². The Labute approximate surface area is 288 Å². The van der Waals surface area contributed by atoms with Crippen LogP contribution in [0.1, 0.15) is 75.3 Å². The number of carbonyl (C=O) groups excluding carboxylic acids is 4. The van der Waals surface area contributed by atoms with Gasteiger partial charge in [-0.05, 0) is 69.6 Å². The van der Waals surface area contributed by atoms with Gasteiger partial charge in [0.15, 0.2) is 0 Å². The molecule has 0 radical (unpaired) electrons. The first-order valence-electron chi connectivity index (χ1n) is 17.4. The Balaban J connectivity index is 1.35. The van der Waals surface area contributed by atoms with Crippen LogP contribution in [0.4, 0.5) is 0 Å². The second-order valence-electron chi connectivity index (χ2n) is 14.7. The summed E-state index contributed by atoms with van der Waals surface area (Å²) in [5.41, 5.74) is 6.70. The van der Waals surface area contributed by atoms with E-state index < -0.39 is 53.9 Å². The second kappa shape index (κ2) is 15.9. The fraction of sp³-hybridized carbons (Fsp3) is 0.500. The van der Waals surface area contributed by atoms with Crippen molar-refractivity contribution in [1.29, 1.82) is 0 Å². The molecule has 49 heavy (non-hydrogen) atoms. The van der Waals surface area contributed by atoms with Crippen LogP contribution in [0, 0.1) is 11.8 Å². The van der Waals surface area contributed by atoms with Crippen molar-refractivity contribution in [3.05, 3.63) is 78.0 Å². The highest BCUT2D eigenvalue weighted by molar-refractivity contribution is 5.99. The number of piperidine rings is 1. The Kier molecular flexibility index (Phi) is 11.7. The van der Waals surface area contributed by atoms with Gasteiger partial charge in [-0.3, -0.25) is 24.1 Å². The summed E-state index contributed by atoms with van der Waals surface area (Å²) >= 11 is 0. The number of aliphatic hydroxyl groups excluding tert-OH is 1. The monoisotopic (exact) mass is 670 g/mol. The molecule has 1 aliphatic carbocycles. The number of rotatable bonds is 12. The number of aliphatic hydroxyl groups is 1. The predicted molar refractivity (Wildman–Crippen MR) is 188 cm³/mol.